The largest absolute Gasteiger partial charge is 0.507 e. The van der Waals surface area contributed by atoms with Crippen LogP contribution in [0.3, 0.4) is 0 Å². The van der Waals surface area contributed by atoms with Gasteiger partial charge >= 0.3 is 5.97 Å². The molecule has 0 saturated carbocycles. The first-order valence-electron chi connectivity index (χ1n) is 8.25. The van der Waals surface area contributed by atoms with E-state index in [4.69, 9.17) is 21.4 Å². The predicted octanol–water partition coefficient (Wildman–Crippen LogP) is 4.22. The topological polar surface area (TPSA) is 113 Å². The second-order valence-electron chi connectivity index (χ2n) is 5.99. The van der Waals surface area contributed by atoms with Crippen LogP contribution < -0.4 is 9.46 Å². The minimum atomic E-state index is -4.11. The molecule has 0 aromatic heterocycles. The summed E-state index contributed by atoms with van der Waals surface area (Å²) in [6.07, 6.45) is 0. The Bertz CT molecular complexity index is 1190. The van der Waals surface area contributed by atoms with Crippen LogP contribution in [0.5, 0.6) is 11.5 Å². The Morgan fingerprint density at radius 1 is 1.07 bits per heavy atom. The van der Waals surface area contributed by atoms with Gasteiger partial charge in [-0.3, -0.25) is 4.72 Å². The van der Waals surface area contributed by atoms with E-state index in [9.17, 15) is 18.3 Å². The third-order valence-corrected chi connectivity index (χ3v) is 5.73. The smallest absolute Gasteiger partial charge is 0.339 e. The molecule has 0 aliphatic heterocycles. The normalized spacial score (nSPS) is 11.1. The van der Waals surface area contributed by atoms with Crippen LogP contribution in [-0.2, 0) is 10.0 Å². The molecule has 0 unspecified atom stereocenters. The van der Waals surface area contributed by atoms with Crippen LogP contribution >= 0.6 is 11.6 Å². The van der Waals surface area contributed by atoms with E-state index in [-0.39, 0.29) is 21.9 Å². The fourth-order valence-corrected chi connectivity index (χ4v) is 4.24. The van der Waals surface area contributed by atoms with E-state index in [1.165, 1.54) is 19.2 Å². The van der Waals surface area contributed by atoms with Crippen molar-refractivity contribution in [3.63, 3.8) is 0 Å². The number of benzene rings is 3. The van der Waals surface area contributed by atoms with Crippen LogP contribution in [0.4, 0.5) is 5.69 Å². The fraction of sp³-hybridized carbons (Fsp3) is 0.0500. The minimum Gasteiger partial charge on any atom is -0.507 e. The number of methoxy groups -OCH3 is 1. The summed E-state index contributed by atoms with van der Waals surface area (Å²) in [7, 11) is -2.76. The quantitative estimate of drug-likeness (QED) is 0.536. The number of rotatable bonds is 6. The van der Waals surface area contributed by atoms with Gasteiger partial charge in [-0.15, -0.1) is 0 Å². The number of nitrogens with one attached hydrogen (secondary N) is 1. The van der Waals surface area contributed by atoms with Crippen LogP contribution in [-0.4, -0.2) is 31.7 Å². The second kappa shape index (κ2) is 8.02. The molecule has 0 heterocycles. The molecule has 3 aromatic carbocycles. The number of aromatic carboxylic acids is 1. The van der Waals surface area contributed by atoms with Gasteiger partial charge in [0.05, 0.1) is 12.8 Å². The molecule has 0 amide bonds. The maximum absolute atomic E-state index is 12.9. The van der Waals surface area contributed by atoms with E-state index in [2.05, 4.69) is 4.72 Å². The van der Waals surface area contributed by atoms with Crippen LogP contribution in [0, 0.1) is 0 Å². The van der Waals surface area contributed by atoms with Crippen LogP contribution in [0.1, 0.15) is 10.4 Å². The highest BCUT2D eigenvalue weighted by atomic mass is 35.5. The molecule has 9 heteroatoms. The zero-order valence-corrected chi connectivity index (χ0v) is 16.7. The second-order valence-corrected chi connectivity index (χ2v) is 8.08. The van der Waals surface area contributed by atoms with Gasteiger partial charge in [0.1, 0.15) is 22.0 Å². The molecule has 0 saturated heterocycles. The Hall–Kier alpha value is -3.23. The lowest BCUT2D eigenvalue weighted by atomic mass is 10.0. The molecule has 0 bridgehead atoms. The number of halogens is 1. The molecule has 0 aliphatic rings. The number of hydrogen-bond acceptors (Lipinski definition) is 5. The van der Waals surface area contributed by atoms with Crippen molar-refractivity contribution in [2.45, 2.75) is 4.90 Å². The van der Waals surface area contributed by atoms with Gasteiger partial charge in [0, 0.05) is 16.7 Å². The lowest BCUT2D eigenvalue weighted by molar-refractivity contribution is 0.0694. The Kier molecular flexibility index (Phi) is 5.67. The highest BCUT2D eigenvalue weighted by Gasteiger charge is 2.23. The van der Waals surface area contributed by atoms with E-state index in [0.29, 0.717) is 16.1 Å². The van der Waals surface area contributed by atoms with Gasteiger partial charge in [-0.2, -0.15) is 0 Å². The Balaban J connectivity index is 2.04. The van der Waals surface area contributed by atoms with Crippen molar-refractivity contribution in [2.24, 2.45) is 0 Å². The summed E-state index contributed by atoms with van der Waals surface area (Å²) >= 11 is 6.04. The zero-order chi connectivity index (χ0) is 21.2. The molecule has 29 heavy (non-hydrogen) atoms. The van der Waals surface area contributed by atoms with Gasteiger partial charge in [-0.05, 0) is 35.9 Å². The number of ether oxygens (including phenoxy) is 1. The summed E-state index contributed by atoms with van der Waals surface area (Å²) in [4.78, 5) is 10.9. The van der Waals surface area contributed by atoms with Crippen molar-refractivity contribution < 1.29 is 28.2 Å². The fourth-order valence-electron chi connectivity index (χ4n) is 2.81. The molecular weight excluding hydrogens is 418 g/mol. The SMILES string of the molecule is COc1c(-c2cccc(Cl)c2)cccc1S(=O)(=O)Nc1ccc(C(=O)O)c(O)c1. The standard InChI is InChI=1S/C20H16ClNO6S/c1-28-19-15(12-4-2-5-13(21)10-12)6-3-7-18(19)29(26,27)22-14-8-9-16(20(24)25)17(23)11-14/h2-11,22-23H,1H3,(H,24,25). The molecular formula is C20H16ClNO6S. The summed E-state index contributed by atoms with van der Waals surface area (Å²) < 4.78 is 33.6. The molecule has 0 fully saturated rings. The number of carbonyl (C=O) groups is 1. The predicted molar refractivity (Wildman–Crippen MR) is 109 cm³/mol. The maximum Gasteiger partial charge on any atom is 0.339 e. The summed E-state index contributed by atoms with van der Waals surface area (Å²) in [5.41, 5.74) is 0.869. The summed E-state index contributed by atoms with van der Waals surface area (Å²) in [6, 6.07) is 14.9. The number of aromatic hydroxyl groups is 1. The van der Waals surface area contributed by atoms with Gasteiger partial charge in [0.2, 0.25) is 0 Å². The van der Waals surface area contributed by atoms with E-state index in [1.54, 1.807) is 36.4 Å². The van der Waals surface area contributed by atoms with Gasteiger partial charge in [-0.25, -0.2) is 13.2 Å². The molecule has 3 aromatic rings. The molecule has 3 rings (SSSR count). The molecule has 150 valence electrons. The molecule has 0 aliphatic carbocycles. The lowest BCUT2D eigenvalue weighted by Gasteiger charge is -2.15. The average Bonchev–Trinajstić information content (AvgIpc) is 2.66. The first kappa shape index (κ1) is 20.5. The van der Waals surface area contributed by atoms with Gasteiger partial charge in [0.15, 0.2) is 0 Å². The Labute approximate surface area is 172 Å². The number of para-hydroxylation sites is 1. The summed E-state index contributed by atoms with van der Waals surface area (Å²) in [6.45, 7) is 0. The van der Waals surface area contributed by atoms with Gasteiger partial charge < -0.3 is 14.9 Å². The Morgan fingerprint density at radius 2 is 1.79 bits per heavy atom. The lowest BCUT2D eigenvalue weighted by Crippen LogP contribution is -2.14. The summed E-state index contributed by atoms with van der Waals surface area (Å²) in [5, 5.41) is 19.3. The van der Waals surface area contributed by atoms with E-state index in [1.807, 2.05) is 0 Å². The highest BCUT2D eigenvalue weighted by Crippen LogP contribution is 2.37. The van der Waals surface area contributed by atoms with Crippen LogP contribution in [0.15, 0.2) is 65.6 Å². The van der Waals surface area contributed by atoms with Crippen molar-refractivity contribution >= 4 is 33.3 Å². The summed E-state index contributed by atoms with van der Waals surface area (Å²) in [5.74, 6) is -1.77. The van der Waals surface area contributed by atoms with E-state index >= 15 is 0 Å². The molecule has 0 atom stereocenters. The highest BCUT2D eigenvalue weighted by molar-refractivity contribution is 7.92. The van der Waals surface area contributed by atoms with Crippen LogP contribution in [0.2, 0.25) is 5.02 Å². The molecule has 0 radical (unpaired) electrons. The zero-order valence-electron chi connectivity index (χ0n) is 15.1. The number of phenols is 1. The number of anilines is 1. The Morgan fingerprint density at radius 3 is 2.41 bits per heavy atom. The first-order valence-corrected chi connectivity index (χ1v) is 10.1. The van der Waals surface area contributed by atoms with Crippen molar-refractivity contribution in [2.75, 3.05) is 11.8 Å². The molecule has 3 N–H and O–H groups in total. The van der Waals surface area contributed by atoms with Crippen molar-refractivity contribution in [1.29, 1.82) is 0 Å². The molecule has 7 nitrogen and oxygen atoms in total. The van der Waals surface area contributed by atoms with E-state index in [0.717, 1.165) is 12.1 Å². The number of carboxylic acid groups (broad SMARTS) is 1. The minimum absolute atomic E-state index is 0.00251. The number of carboxylic acids is 1. The van der Waals surface area contributed by atoms with E-state index < -0.39 is 21.7 Å². The average molecular weight is 434 g/mol. The third-order valence-electron chi connectivity index (χ3n) is 4.09. The van der Waals surface area contributed by atoms with Crippen molar-refractivity contribution in [3.8, 4) is 22.6 Å². The molecule has 0 spiro atoms. The van der Waals surface area contributed by atoms with Crippen LogP contribution in [0.25, 0.3) is 11.1 Å². The van der Waals surface area contributed by atoms with Crippen molar-refractivity contribution in [3.05, 3.63) is 71.2 Å². The van der Waals surface area contributed by atoms with Gasteiger partial charge in [-0.1, -0.05) is 35.9 Å². The maximum atomic E-state index is 12.9. The van der Waals surface area contributed by atoms with Gasteiger partial charge in [0.25, 0.3) is 10.0 Å². The number of sulfonamides is 1. The monoisotopic (exact) mass is 433 g/mol. The first-order chi connectivity index (χ1) is 13.7. The third kappa shape index (κ3) is 4.28. The van der Waals surface area contributed by atoms with Crippen molar-refractivity contribution in [1.82, 2.24) is 0 Å². The number of hydrogen-bond donors (Lipinski definition) is 3.